The summed E-state index contributed by atoms with van der Waals surface area (Å²) in [5.74, 6) is 0.632. The standard InChI is InChI=1S/C33H36N4O2S/c1-6-23(4)34-28(38)19-36-29(39)20-40-32(26-16-10-12-21(2)18-26)30-31(25-14-8-7-9-15-25)35-37(33(30)36)27-17-11-13-22(3)24(27)5/h7-18,23,32H,6,19-20H2,1-5H3,(H,34,38)/t23-,32+/m0/s1. The van der Waals surface area contributed by atoms with Crippen LogP contribution in [-0.2, 0) is 9.59 Å². The predicted molar refractivity (Wildman–Crippen MR) is 164 cm³/mol. The van der Waals surface area contributed by atoms with Crippen molar-refractivity contribution in [3.05, 3.63) is 101 Å². The average molecular weight is 553 g/mol. The molecule has 0 aliphatic carbocycles. The number of nitrogens with zero attached hydrogens (tertiary/aromatic N) is 3. The molecule has 1 aromatic heterocycles. The van der Waals surface area contributed by atoms with Gasteiger partial charge in [-0.3, -0.25) is 14.5 Å². The third-order valence-corrected chi connectivity index (χ3v) is 8.86. The Hall–Kier alpha value is -3.84. The lowest BCUT2D eigenvalue weighted by Gasteiger charge is -2.24. The minimum Gasteiger partial charge on any atom is -0.352 e. The number of aromatic nitrogens is 2. The highest BCUT2D eigenvalue weighted by Gasteiger charge is 2.38. The van der Waals surface area contributed by atoms with Gasteiger partial charge in [0.25, 0.3) is 0 Å². The van der Waals surface area contributed by atoms with Crippen molar-refractivity contribution in [1.29, 1.82) is 0 Å². The van der Waals surface area contributed by atoms with E-state index in [4.69, 9.17) is 5.10 Å². The number of fused-ring (bicyclic) bond motifs is 1. The first-order valence-electron chi connectivity index (χ1n) is 13.8. The molecule has 0 spiro atoms. The Labute approximate surface area is 240 Å². The number of carbonyl (C=O) groups excluding carboxylic acids is 2. The summed E-state index contributed by atoms with van der Waals surface area (Å²) in [5.41, 5.74) is 8.11. The zero-order valence-corrected chi connectivity index (χ0v) is 24.6. The lowest BCUT2D eigenvalue weighted by molar-refractivity contribution is -0.123. The van der Waals surface area contributed by atoms with Crippen LogP contribution in [0.15, 0.2) is 72.8 Å². The van der Waals surface area contributed by atoms with Gasteiger partial charge in [-0.15, -0.1) is 11.8 Å². The first kappa shape index (κ1) is 27.7. The van der Waals surface area contributed by atoms with Gasteiger partial charge in [0.1, 0.15) is 12.4 Å². The number of amides is 2. The van der Waals surface area contributed by atoms with Gasteiger partial charge in [0.05, 0.1) is 22.4 Å². The molecule has 0 unspecified atom stereocenters. The summed E-state index contributed by atoms with van der Waals surface area (Å²) in [4.78, 5) is 28.8. The fourth-order valence-electron chi connectivity index (χ4n) is 5.12. The van der Waals surface area contributed by atoms with Crippen LogP contribution in [0.3, 0.4) is 0 Å². The second-order valence-corrected chi connectivity index (χ2v) is 11.6. The Balaban J connectivity index is 1.81. The Bertz CT molecular complexity index is 1550. The summed E-state index contributed by atoms with van der Waals surface area (Å²) in [7, 11) is 0. The Morgan fingerprint density at radius 3 is 2.52 bits per heavy atom. The van der Waals surface area contributed by atoms with E-state index in [1.165, 1.54) is 0 Å². The van der Waals surface area contributed by atoms with E-state index >= 15 is 0 Å². The second-order valence-electron chi connectivity index (χ2n) is 10.5. The highest BCUT2D eigenvalue weighted by molar-refractivity contribution is 8.00. The van der Waals surface area contributed by atoms with Crippen molar-refractivity contribution in [2.24, 2.45) is 0 Å². The fourth-order valence-corrected chi connectivity index (χ4v) is 6.31. The third kappa shape index (κ3) is 5.43. The Morgan fingerprint density at radius 2 is 1.80 bits per heavy atom. The normalized spacial score (nSPS) is 15.9. The summed E-state index contributed by atoms with van der Waals surface area (Å²) in [6.45, 7) is 10.2. The molecule has 2 amide bonds. The zero-order valence-electron chi connectivity index (χ0n) is 23.8. The number of carbonyl (C=O) groups is 2. The SMILES string of the molecule is CC[C@H](C)NC(=O)CN1C(=O)CS[C@H](c2cccc(C)c2)c2c(-c3ccccc3)nn(-c3cccc(C)c3C)c21. The predicted octanol–water partition coefficient (Wildman–Crippen LogP) is 6.55. The number of aryl methyl sites for hydroxylation is 2. The number of anilines is 1. The number of hydrogen-bond donors (Lipinski definition) is 1. The van der Waals surface area contributed by atoms with Crippen LogP contribution in [0.2, 0.25) is 0 Å². The molecular formula is C33H36N4O2S. The summed E-state index contributed by atoms with van der Waals surface area (Å²) in [6.07, 6.45) is 0.814. The molecule has 5 rings (SSSR count). The quantitative estimate of drug-likeness (QED) is 0.282. The lowest BCUT2D eigenvalue weighted by atomic mass is 9.98. The van der Waals surface area contributed by atoms with Crippen LogP contribution < -0.4 is 10.2 Å². The van der Waals surface area contributed by atoms with Crippen LogP contribution in [0.1, 0.15) is 53.3 Å². The maximum Gasteiger partial charge on any atom is 0.240 e. The number of rotatable bonds is 7. The molecule has 206 valence electrons. The molecule has 0 radical (unpaired) electrons. The summed E-state index contributed by atoms with van der Waals surface area (Å²) >= 11 is 1.59. The molecular weight excluding hydrogens is 516 g/mol. The molecule has 7 heteroatoms. The van der Waals surface area contributed by atoms with Crippen LogP contribution in [0.5, 0.6) is 0 Å². The topological polar surface area (TPSA) is 67.2 Å². The van der Waals surface area contributed by atoms with Crippen molar-refractivity contribution in [2.45, 2.75) is 52.3 Å². The number of benzene rings is 3. The molecule has 2 heterocycles. The first-order chi connectivity index (χ1) is 19.3. The van der Waals surface area contributed by atoms with E-state index in [1.807, 2.05) is 48.9 Å². The van der Waals surface area contributed by atoms with Crippen molar-refractivity contribution in [1.82, 2.24) is 15.1 Å². The van der Waals surface area contributed by atoms with Gasteiger partial charge in [0.15, 0.2) is 0 Å². The molecule has 40 heavy (non-hydrogen) atoms. The van der Waals surface area contributed by atoms with Gasteiger partial charge in [-0.2, -0.15) is 5.10 Å². The molecule has 0 saturated carbocycles. The van der Waals surface area contributed by atoms with Crippen molar-refractivity contribution < 1.29 is 9.59 Å². The van der Waals surface area contributed by atoms with Crippen molar-refractivity contribution in [2.75, 3.05) is 17.2 Å². The van der Waals surface area contributed by atoms with Gasteiger partial charge in [-0.25, -0.2) is 4.68 Å². The monoisotopic (exact) mass is 552 g/mol. The van der Waals surface area contributed by atoms with Gasteiger partial charge < -0.3 is 5.32 Å². The largest absolute Gasteiger partial charge is 0.352 e. The smallest absolute Gasteiger partial charge is 0.240 e. The first-order valence-corrected chi connectivity index (χ1v) is 14.9. The third-order valence-electron chi connectivity index (χ3n) is 7.61. The van der Waals surface area contributed by atoms with E-state index in [0.29, 0.717) is 5.82 Å². The van der Waals surface area contributed by atoms with Gasteiger partial charge in [0, 0.05) is 17.2 Å². The van der Waals surface area contributed by atoms with E-state index < -0.39 is 0 Å². The van der Waals surface area contributed by atoms with E-state index in [-0.39, 0.29) is 35.4 Å². The van der Waals surface area contributed by atoms with Crippen molar-refractivity contribution >= 4 is 29.4 Å². The molecule has 0 bridgehead atoms. The molecule has 1 aliphatic rings. The van der Waals surface area contributed by atoms with Crippen LogP contribution in [0.4, 0.5) is 5.82 Å². The second kappa shape index (κ2) is 11.7. The molecule has 1 N–H and O–H groups in total. The zero-order chi connectivity index (χ0) is 28.4. The summed E-state index contributed by atoms with van der Waals surface area (Å²) < 4.78 is 1.89. The van der Waals surface area contributed by atoms with E-state index in [9.17, 15) is 9.59 Å². The highest BCUT2D eigenvalue weighted by atomic mass is 32.2. The van der Waals surface area contributed by atoms with E-state index in [2.05, 4.69) is 68.6 Å². The Morgan fingerprint density at radius 1 is 1.05 bits per heavy atom. The van der Waals surface area contributed by atoms with Gasteiger partial charge in [-0.05, 0) is 56.9 Å². The van der Waals surface area contributed by atoms with E-state index in [0.717, 1.165) is 51.2 Å². The van der Waals surface area contributed by atoms with Gasteiger partial charge in [-0.1, -0.05) is 79.2 Å². The van der Waals surface area contributed by atoms with E-state index in [1.54, 1.807) is 16.7 Å². The minimum atomic E-state index is -0.178. The van der Waals surface area contributed by atoms with Crippen LogP contribution in [0, 0.1) is 20.8 Å². The molecule has 2 atom stereocenters. The minimum absolute atomic E-state index is 0.0206. The van der Waals surface area contributed by atoms with Gasteiger partial charge in [0.2, 0.25) is 11.8 Å². The maximum absolute atomic E-state index is 13.9. The fraction of sp³-hybridized carbons (Fsp3) is 0.303. The maximum atomic E-state index is 13.9. The molecule has 3 aromatic carbocycles. The number of nitrogens with one attached hydrogen (secondary N) is 1. The summed E-state index contributed by atoms with van der Waals surface area (Å²) in [5, 5.41) is 8.13. The van der Waals surface area contributed by atoms with Crippen molar-refractivity contribution in [3.8, 4) is 16.9 Å². The molecule has 0 fully saturated rings. The number of hydrogen-bond acceptors (Lipinski definition) is 4. The van der Waals surface area contributed by atoms with Crippen LogP contribution in [-0.4, -0.2) is 39.9 Å². The molecule has 4 aromatic rings. The molecule has 6 nitrogen and oxygen atoms in total. The van der Waals surface area contributed by atoms with Crippen LogP contribution in [0.25, 0.3) is 16.9 Å². The molecule has 1 aliphatic heterocycles. The van der Waals surface area contributed by atoms with Crippen molar-refractivity contribution in [3.63, 3.8) is 0 Å². The van der Waals surface area contributed by atoms with Crippen LogP contribution >= 0.6 is 11.8 Å². The average Bonchev–Trinajstić information content (AvgIpc) is 3.27. The van der Waals surface area contributed by atoms with Gasteiger partial charge >= 0.3 is 0 Å². The number of thioether (sulfide) groups is 1. The summed E-state index contributed by atoms with van der Waals surface area (Å²) in [6, 6.07) is 24.7. The Kier molecular flexibility index (Phi) is 8.12. The lowest BCUT2D eigenvalue weighted by Crippen LogP contribution is -2.44. The molecule has 0 saturated heterocycles. The highest BCUT2D eigenvalue weighted by Crippen LogP contribution is 2.48.